The number of anilines is 1. The number of carbonyl (C=O) groups is 2. The molecule has 9 heteroatoms. The third-order valence-corrected chi connectivity index (χ3v) is 5.55. The summed E-state index contributed by atoms with van der Waals surface area (Å²) in [5, 5.41) is 9.31. The number of hydrogen-bond acceptors (Lipinski definition) is 6. The Balaban J connectivity index is 2.04. The van der Waals surface area contributed by atoms with Gasteiger partial charge in [0.2, 0.25) is 5.43 Å². The number of aldehydes is 1. The normalized spacial score (nSPS) is 22.2. The lowest BCUT2D eigenvalue weighted by Gasteiger charge is -2.38. The average Bonchev–Trinajstić information content (AvgIpc) is 2.66. The maximum Gasteiger partial charge on any atom is 0.341 e. The highest BCUT2D eigenvalue weighted by Gasteiger charge is 2.35. The zero-order chi connectivity index (χ0) is 20.2. The van der Waals surface area contributed by atoms with Gasteiger partial charge in [-0.05, 0) is 20.0 Å². The number of rotatable bonds is 3. The Bertz CT molecular complexity index is 1040. The van der Waals surface area contributed by atoms with Crippen molar-refractivity contribution in [2.45, 2.75) is 19.1 Å². The van der Waals surface area contributed by atoms with Crippen LogP contribution in [0.2, 0.25) is 0 Å². The van der Waals surface area contributed by atoms with Crippen LogP contribution in [0.4, 0.5) is 10.1 Å². The van der Waals surface area contributed by atoms with Gasteiger partial charge in [0.15, 0.2) is 24.0 Å². The van der Waals surface area contributed by atoms with Crippen molar-refractivity contribution in [3.63, 3.8) is 0 Å². The van der Waals surface area contributed by atoms with Crippen molar-refractivity contribution < 1.29 is 23.8 Å². The van der Waals surface area contributed by atoms with Crippen LogP contribution in [0.15, 0.2) is 17.1 Å². The van der Waals surface area contributed by atoms with Crippen molar-refractivity contribution in [1.82, 2.24) is 9.47 Å². The first-order valence-electron chi connectivity index (χ1n) is 9.03. The number of benzene rings is 1. The Hall–Kier alpha value is -2.94. The molecule has 2 aliphatic rings. The van der Waals surface area contributed by atoms with Crippen LogP contribution in [0.3, 0.4) is 0 Å². The number of halogens is 1. The number of carboxylic acids is 1. The molecular weight excluding hydrogens is 369 g/mol. The Morgan fingerprint density at radius 1 is 1.32 bits per heavy atom. The van der Waals surface area contributed by atoms with Gasteiger partial charge in [-0.3, -0.25) is 9.59 Å². The first-order valence-corrected chi connectivity index (χ1v) is 9.03. The van der Waals surface area contributed by atoms with Gasteiger partial charge >= 0.3 is 5.97 Å². The molecule has 2 aromatic rings. The van der Waals surface area contributed by atoms with E-state index in [4.69, 9.17) is 4.74 Å². The molecule has 1 N–H and O–H groups in total. The van der Waals surface area contributed by atoms with Gasteiger partial charge in [0.05, 0.1) is 16.9 Å². The van der Waals surface area contributed by atoms with E-state index in [1.807, 2.05) is 11.9 Å². The van der Waals surface area contributed by atoms with Crippen LogP contribution in [0.25, 0.3) is 10.9 Å². The fourth-order valence-corrected chi connectivity index (χ4v) is 3.89. The lowest BCUT2D eigenvalue weighted by Crippen LogP contribution is -2.45. The fourth-order valence-electron chi connectivity index (χ4n) is 3.89. The summed E-state index contributed by atoms with van der Waals surface area (Å²) in [6.07, 6.45) is 0.899. The monoisotopic (exact) mass is 389 g/mol. The summed E-state index contributed by atoms with van der Waals surface area (Å²) in [6, 6.07) is 0.534. The molecule has 148 valence electrons. The zero-order valence-electron chi connectivity index (χ0n) is 15.5. The second-order valence-electron chi connectivity index (χ2n) is 7.27. The fraction of sp³-hybridized carbons (Fsp3) is 0.421. The molecule has 0 bridgehead atoms. The highest BCUT2D eigenvalue weighted by molar-refractivity contribution is 5.97. The molecule has 8 nitrogen and oxygen atoms in total. The van der Waals surface area contributed by atoms with Crippen molar-refractivity contribution in [2.75, 3.05) is 38.1 Å². The Labute approximate surface area is 159 Å². The second-order valence-corrected chi connectivity index (χ2v) is 7.27. The number of likely N-dealkylation sites (N-methyl/N-ethyl adjacent to an activating group) is 1. The van der Waals surface area contributed by atoms with E-state index in [0.717, 1.165) is 19.2 Å². The van der Waals surface area contributed by atoms with E-state index in [1.165, 1.54) is 10.8 Å². The molecule has 1 saturated heterocycles. The number of aromatic carboxylic acids is 1. The van der Waals surface area contributed by atoms with E-state index in [2.05, 4.69) is 4.90 Å². The van der Waals surface area contributed by atoms with Gasteiger partial charge in [-0.15, -0.1) is 0 Å². The molecule has 1 aromatic heterocycles. The number of hydrogen-bond donors (Lipinski definition) is 1. The van der Waals surface area contributed by atoms with Gasteiger partial charge in [-0.25, -0.2) is 9.18 Å². The van der Waals surface area contributed by atoms with E-state index in [9.17, 15) is 19.5 Å². The maximum absolute atomic E-state index is 15.1. The summed E-state index contributed by atoms with van der Waals surface area (Å²) in [5.41, 5.74) is -0.723. The highest BCUT2D eigenvalue weighted by Crippen LogP contribution is 2.43. The van der Waals surface area contributed by atoms with Crippen LogP contribution in [-0.4, -0.2) is 66.2 Å². The molecule has 0 radical (unpaired) electrons. The number of pyridine rings is 1. The summed E-state index contributed by atoms with van der Waals surface area (Å²) in [7, 11) is 1.98. The number of carboxylic acid groups (broad SMARTS) is 1. The number of ether oxygens (including phenoxy) is 1. The highest BCUT2D eigenvalue weighted by atomic mass is 19.1. The SMILES string of the molecule is C[C@H]1C(C=O)Oc2c(N3CCN(C)CC3)c(F)cc3c(=O)c(C(=O)O)cn1c23. The largest absolute Gasteiger partial charge is 0.477 e. The van der Waals surface area contributed by atoms with Crippen molar-refractivity contribution in [1.29, 1.82) is 0 Å². The van der Waals surface area contributed by atoms with E-state index in [1.54, 1.807) is 6.92 Å². The molecule has 3 heterocycles. The quantitative estimate of drug-likeness (QED) is 0.787. The molecule has 1 unspecified atom stereocenters. The van der Waals surface area contributed by atoms with E-state index in [-0.39, 0.29) is 16.8 Å². The Morgan fingerprint density at radius 3 is 2.61 bits per heavy atom. The Kier molecular flexibility index (Phi) is 4.34. The summed E-state index contributed by atoms with van der Waals surface area (Å²) in [5.74, 6) is -1.96. The van der Waals surface area contributed by atoms with Crippen LogP contribution in [0.5, 0.6) is 5.75 Å². The minimum Gasteiger partial charge on any atom is -0.477 e. The standard InChI is InChI=1S/C19H20FN3O5/c1-10-14(9-24)28-18-15-11(17(25)12(19(26)27)8-23(10)15)7-13(20)16(18)22-5-3-21(2)4-6-22/h7-10,14H,3-6H2,1-2H3,(H,26,27)/t10-,14?/m0/s1. The molecule has 2 atom stereocenters. The maximum atomic E-state index is 15.1. The van der Waals surface area contributed by atoms with Crippen LogP contribution in [0.1, 0.15) is 23.3 Å². The molecule has 0 aliphatic carbocycles. The van der Waals surface area contributed by atoms with Gasteiger partial charge in [0.1, 0.15) is 11.3 Å². The first kappa shape index (κ1) is 18.4. The lowest BCUT2D eigenvalue weighted by molar-refractivity contribution is -0.115. The van der Waals surface area contributed by atoms with Crippen molar-refractivity contribution in [3.05, 3.63) is 33.9 Å². The van der Waals surface area contributed by atoms with Gasteiger partial charge in [0.25, 0.3) is 0 Å². The van der Waals surface area contributed by atoms with Crippen LogP contribution < -0.4 is 15.1 Å². The van der Waals surface area contributed by atoms with E-state index >= 15 is 4.39 Å². The smallest absolute Gasteiger partial charge is 0.341 e. The number of aromatic nitrogens is 1. The zero-order valence-corrected chi connectivity index (χ0v) is 15.5. The van der Waals surface area contributed by atoms with Crippen molar-refractivity contribution >= 4 is 28.8 Å². The first-order chi connectivity index (χ1) is 13.3. The number of nitrogens with zero attached hydrogens (tertiary/aromatic N) is 3. The van der Waals surface area contributed by atoms with E-state index in [0.29, 0.717) is 24.9 Å². The predicted molar refractivity (Wildman–Crippen MR) is 100 cm³/mol. The van der Waals surface area contributed by atoms with Gasteiger partial charge in [0, 0.05) is 32.4 Å². The van der Waals surface area contributed by atoms with Gasteiger partial charge in [-0.2, -0.15) is 0 Å². The topological polar surface area (TPSA) is 92.1 Å². The molecule has 2 aliphatic heterocycles. The molecule has 1 fully saturated rings. The third kappa shape index (κ3) is 2.65. The molecule has 0 amide bonds. The minimum atomic E-state index is -1.40. The Morgan fingerprint density at radius 2 is 2.00 bits per heavy atom. The van der Waals surface area contributed by atoms with Crippen LogP contribution >= 0.6 is 0 Å². The molecule has 28 heavy (non-hydrogen) atoms. The molecule has 1 aromatic carbocycles. The number of carbonyl (C=O) groups excluding carboxylic acids is 1. The second kappa shape index (κ2) is 6.59. The molecule has 4 rings (SSSR count). The number of piperazine rings is 1. The van der Waals surface area contributed by atoms with Gasteiger partial charge < -0.3 is 24.2 Å². The summed E-state index contributed by atoms with van der Waals surface area (Å²) in [6.45, 7) is 4.28. The van der Waals surface area contributed by atoms with Crippen molar-refractivity contribution in [2.24, 2.45) is 0 Å². The molecule has 0 saturated carbocycles. The predicted octanol–water partition coefficient (Wildman–Crippen LogP) is 1.11. The van der Waals surface area contributed by atoms with Crippen molar-refractivity contribution in [3.8, 4) is 5.75 Å². The summed E-state index contributed by atoms with van der Waals surface area (Å²) >= 11 is 0. The van der Waals surface area contributed by atoms with Crippen LogP contribution in [0, 0.1) is 5.82 Å². The average molecular weight is 389 g/mol. The molecule has 0 spiro atoms. The third-order valence-electron chi connectivity index (χ3n) is 5.55. The van der Waals surface area contributed by atoms with E-state index < -0.39 is 34.9 Å². The summed E-state index contributed by atoms with van der Waals surface area (Å²) < 4.78 is 22.5. The minimum absolute atomic E-state index is 0.0681. The lowest BCUT2D eigenvalue weighted by atomic mass is 10.0. The van der Waals surface area contributed by atoms with Crippen LogP contribution in [-0.2, 0) is 4.79 Å². The van der Waals surface area contributed by atoms with Gasteiger partial charge in [-0.1, -0.05) is 0 Å². The summed E-state index contributed by atoms with van der Waals surface area (Å²) in [4.78, 5) is 39.7. The molecular formula is C19H20FN3O5.